The van der Waals surface area contributed by atoms with Crippen LogP contribution in [0, 0.1) is 5.92 Å². The van der Waals surface area contributed by atoms with Crippen LogP contribution >= 0.6 is 0 Å². The fourth-order valence-corrected chi connectivity index (χ4v) is 3.12. The number of hydrogen-bond donors (Lipinski definition) is 0. The minimum absolute atomic E-state index is 0.172. The number of fused-ring (bicyclic) bond motifs is 3. The molecule has 3 rings (SSSR count). The Kier molecular flexibility index (Phi) is 2.48. The van der Waals surface area contributed by atoms with Gasteiger partial charge >= 0.3 is 0 Å². The summed E-state index contributed by atoms with van der Waals surface area (Å²) >= 11 is 0. The number of aryl methyl sites for hydroxylation is 1. The first-order valence-electron chi connectivity index (χ1n) is 6.83. The number of benzene rings is 1. The highest BCUT2D eigenvalue weighted by Crippen LogP contribution is 2.42. The van der Waals surface area contributed by atoms with Crippen molar-refractivity contribution in [3.05, 3.63) is 41.0 Å². The molecule has 0 N–H and O–H groups in total. The number of carbonyl (C=O) groups is 1. The monoisotopic (exact) mass is 240 g/mol. The molecule has 0 saturated carbocycles. The maximum absolute atomic E-state index is 11.6. The van der Waals surface area contributed by atoms with Gasteiger partial charge in [-0.3, -0.25) is 4.79 Å². The number of carbonyl (C=O) groups excluding carboxylic acids is 1. The van der Waals surface area contributed by atoms with Crippen molar-refractivity contribution in [3.63, 3.8) is 0 Å². The minimum atomic E-state index is 0.172. The molecule has 0 bridgehead atoms. The summed E-state index contributed by atoms with van der Waals surface area (Å²) in [5.41, 5.74) is 5.59. The number of hydrogen-bond acceptors (Lipinski definition) is 1. The Morgan fingerprint density at radius 3 is 2.72 bits per heavy atom. The predicted octanol–water partition coefficient (Wildman–Crippen LogP) is 3.90. The Balaban J connectivity index is 2.12. The van der Waals surface area contributed by atoms with E-state index in [2.05, 4.69) is 39.0 Å². The van der Waals surface area contributed by atoms with Crippen molar-refractivity contribution in [2.45, 2.75) is 45.4 Å². The first-order valence-corrected chi connectivity index (χ1v) is 6.83. The van der Waals surface area contributed by atoms with Gasteiger partial charge in [-0.15, -0.1) is 0 Å². The molecule has 0 fully saturated rings. The molecule has 1 atom stereocenters. The van der Waals surface area contributed by atoms with Crippen LogP contribution in [0.2, 0.25) is 0 Å². The van der Waals surface area contributed by atoms with Gasteiger partial charge in [0.25, 0.3) is 0 Å². The van der Waals surface area contributed by atoms with Gasteiger partial charge in [0, 0.05) is 6.42 Å². The second kappa shape index (κ2) is 3.81. The van der Waals surface area contributed by atoms with Crippen molar-refractivity contribution in [1.82, 2.24) is 0 Å². The molecular formula is C17H20O. The molecule has 1 heteroatoms. The van der Waals surface area contributed by atoms with Gasteiger partial charge in [0.1, 0.15) is 0 Å². The Bertz CT molecular complexity index is 543. The molecule has 2 aliphatic carbocycles. The van der Waals surface area contributed by atoms with Crippen molar-refractivity contribution in [3.8, 4) is 0 Å². The van der Waals surface area contributed by atoms with Gasteiger partial charge in [-0.25, -0.2) is 0 Å². The Morgan fingerprint density at radius 1 is 1.22 bits per heavy atom. The standard InChI is InChI=1S/C17H20O/c1-17(2,3)13-7-6-11-4-5-12-8-14(18)10-16(12)15(11)9-13/h6-7,9-10,12H,4-5,8H2,1-3H3. The first kappa shape index (κ1) is 11.7. The largest absolute Gasteiger partial charge is 0.295 e. The van der Waals surface area contributed by atoms with Gasteiger partial charge in [0.15, 0.2) is 5.78 Å². The van der Waals surface area contributed by atoms with Crippen LogP contribution in [0.5, 0.6) is 0 Å². The molecule has 0 saturated heterocycles. The normalized spacial score (nSPS) is 22.5. The zero-order valence-electron chi connectivity index (χ0n) is 11.4. The van der Waals surface area contributed by atoms with E-state index in [1.807, 2.05) is 6.08 Å². The molecule has 18 heavy (non-hydrogen) atoms. The van der Waals surface area contributed by atoms with Crippen LogP contribution in [0.3, 0.4) is 0 Å². The molecule has 0 aromatic heterocycles. The van der Waals surface area contributed by atoms with E-state index in [0.717, 1.165) is 19.3 Å². The molecule has 1 aromatic carbocycles. The summed E-state index contributed by atoms with van der Waals surface area (Å²) in [4.78, 5) is 11.6. The smallest absolute Gasteiger partial charge is 0.156 e. The Hall–Kier alpha value is -1.37. The van der Waals surface area contributed by atoms with Gasteiger partial charge in [0.2, 0.25) is 0 Å². The lowest BCUT2D eigenvalue weighted by Gasteiger charge is -2.27. The van der Waals surface area contributed by atoms with E-state index >= 15 is 0 Å². The molecule has 2 aliphatic rings. The quantitative estimate of drug-likeness (QED) is 0.672. The highest BCUT2D eigenvalue weighted by atomic mass is 16.1. The van der Waals surface area contributed by atoms with Gasteiger partial charge in [-0.1, -0.05) is 39.0 Å². The topological polar surface area (TPSA) is 17.1 Å². The molecule has 0 spiro atoms. The van der Waals surface area contributed by atoms with Crippen LogP contribution in [-0.2, 0) is 16.6 Å². The zero-order chi connectivity index (χ0) is 12.9. The number of allylic oxidation sites excluding steroid dienone is 2. The van der Waals surface area contributed by atoms with Crippen LogP contribution in [0.15, 0.2) is 24.3 Å². The molecule has 94 valence electrons. The summed E-state index contributed by atoms with van der Waals surface area (Å²) in [5, 5.41) is 0. The van der Waals surface area contributed by atoms with Crippen LogP contribution in [-0.4, -0.2) is 5.78 Å². The zero-order valence-corrected chi connectivity index (χ0v) is 11.4. The number of ketones is 1. The van der Waals surface area contributed by atoms with Crippen molar-refractivity contribution >= 4 is 11.4 Å². The van der Waals surface area contributed by atoms with Crippen molar-refractivity contribution in [1.29, 1.82) is 0 Å². The maximum atomic E-state index is 11.6. The van der Waals surface area contributed by atoms with E-state index in [1.165, 1.54) is 22.3 Å². The van der Waals surface area contributed by atoms with E-state index in [4.69, 9.17) is 0 Å². The van der Waals surface area contributed by atoms with Gasteiger partial charge in [0.05, 0.1) is 0 Å². The van der Waals surface area contributed by atoms with E-state index < -0.39 is 0 Å². The third-order valence-corrected chi connectivity index (χ3v) is 4.25. The van der Waals surface area contributed by atoms with Crippen LogP contribution in [0.1, 0.15) is 50.3 Å². The van der Waals surface area contributed by atoms with E-state index in [0.29, 0.717) is 11.7 Å². The maximum Gasteiger partial charge on any atom is 0.156 e. The van der Waals surface area contributed by atoms with Crippen molar-refractivity contribution in [2.75, 3.05) is 0 Å². The third kappa shape index (κ3) is 1.82. The fraction of sp³-hybridized carbons (Fsp3) is 0.471. The summed E-state index contributed by atoms with van der Waals surface area (Å²) in [7, 11) is 0. The summed E-state index contributed by atoms with van der Waals surface area (Å²) in [6.07, 6.45) is 4.87. The molecule has 0 radical (unpaired) electrons. The molecule has 0 aliphatic heterocycles. The van der Waals surface area contributed by atoms with Gasteiger partial charge in [-0.05, 0) is 52.5 Å². The van der Waals surface area contributed by atoms with Gasteiger partial charge < -0.3 is 0 Å². The SMILES string of the molecule is CC(C)(C)c1ccc2c(c1)C1=CC(=O)CC1CC2. The average molecular weight is 240 g/mol. The molecule has 0 heterocycles. The highest BCUT2D eigenvalue weighted by Gasteiger charge is 2.31. The van der Waals surface area contributed by atoms with E-state index in [-0.39, 0.29) is 5.41 Å². The van der Waals surface area contributed by atoms with E-state index in [1.54, 1.807) is 0 Å². The number of rotatable bonds is 0. The Labute approximate surface area is 109 Å². The fourth-order valence-electron chi connectivity index (χ4n) is 3.12. The summed E-state index contributed by atoms with van der Waals surface area (Å²) in [6.45, 7) is 6.72. The van der Waals surface area contributed by atoms with Crippen LogP contribution < -0.4 is 0 Å². The highest BCUT2D eigenvalue weighted by molar-refractivity contribution is 6.03. The van der Waals surface area contributed by atoms with Crippen molar-refractivity contribution in [2.24, 2.45) is 5.92 Å². The summed E-state index contributed by atoms with van der Waals surface area (Å²) in [6, 6.07) is 6.82. The Morgan fingerprint density at radius 2 is 2.00 bits per heavy atom. The lowest BCUT2D eigenvalue weighted by molar-refractivity contribution is -0.114. The minimum Gasteiger partial charge on any atom is -0.295 e. The summed E-state index contributed by atoms with van der Waals surface area (Å²) in [5.74, 6) is 0.796. The lowest BCUT2D eigenvalue weighted by Crippen LogP contribution is -2.15. The first-order chi connectivity index (χ1) is 8.45. The van der Waals surface area contributed by atoms with E-state index in [9.17, 15) is 4.79 Å². The van der Waals surface area contributed by atoms with Crippen LogP contribution in [0.25, 0.3) is 5.57 Å². The van der Waals surface area contributed by atoms with Crippen LogP contribution in [0.4, 0.5) is 0 Å². The molecule has 0 amide bonds. The second-order valence-electron chi connectivity index (χ2n) is 6.63. The molecule has 1 aromatic rings. The predicted molar refractivity (Wildman–Crippen MR) is 74.6 cm³/mol. The summed E-state index contributed by atoms with van der Waals surface area (Å²) < 4.78 is 0. The molecule has 1 unspecified atom stereocenters. The average Bonchev–Trinajstić information content (AvgIpc) is 2.68. The lowest BCUT2D eigenvalue weighted by atomic mass is 9.77. The molecular weight excluding hydrogens is 220 g/mol. The van der Waals surface area contributed by atoms with Crippen molar-refractivity contribution < 1.29 is 4.79 Å². The third-order valence-electron chi connectivity index (χ3n) is 4.25. The molecule has 1 nitrogen and oxygen atoms in total. The van der Waals surface area contributed by atoms with Gasteiger partial charge in [-0.2, -0.15) is 0 Å². The second-order valence-corrected chi connectivity index (χ2v) is 6.63.